The van der Waals surface area contributed by atoms with Crippen LogP contribution in [0, 0.1) is 12.1 Å². The minimum Gasteiger partial charge on any atom is -1.00 e. The van der Waals surface area contributed by atoms with Crippen molar-refractivity contribution in [3.8, 4) is 11.1 Å². The summed E-state index contributed by atoms with van der Waals surface area (Å²) in [6.07, 6.45) is 13.5. The second-order valence-corrected chi connectivity index (χ2v) is 13.2. The second-order valence-electron chi connectivity index (χ2n) is 12.1. The molecule has 0 aliphatic heterocycles. The van der Waals surface area contributed by atoms with Crippen molar-refractivity contribution in [3.63, 3.8) is 0 Å². The average molecular weight is 656 g/mol. The molecule has 44 heavy (non-hydrogen) atoms. The van der Waals surface area contributed by atoms with Crippen LogP contribution in [0.4, 0.5) is 0 Å². The summed E-state index contributed by atoms with van der Waals surface area (Å²) in [4.78, 5) is 0. The summed E-state index contributed by atoms with van der Waals surface area (Å²) in [5, 5.41) is 0. The molecule has 2 aliphatic carbocycles. The Hall–Kier alpha value is -2.48. The average Bonchev–Trinajstić information content (AvgIpc) is 3.73. The van der Waals surface area contributed by atoms with E-state index in [1.807, 2.05) is 12.2 Å². The standard InChI is InChI=1S/C31H29.C5H5.C5H10.2ClH.Ti/c1-30(2,24-11-7-5-8-12-24)26-15-17-28-22(20-26)19-23-21-27(16-18-29(23)28)31(3,4)25-13-9-6-10-14-25;1-2-4-5-3-1;1-3-5-4-2;;;/h5-18,20H,19H2,1-4H3;1-3H,4H2;3-4H2,1-2H3;2*1H;/q2*-1;;;;+2/p-2. The van der Waals surface area contributed by atoms with Gasteiger partial charge in [0, 0.05) is 5.41 Å². The maximum absolute atomic E-state index is 3.80. The summed E-state index contributed by atoms with van der Waals surface area (Å²) >= 11 is 2.19. The van der Waals surface area contributed by atoms with Crippen molar-refractivity contribution in [1.29, 1.82) is 0 Å². The van der Waals surface area contributed by atoms with Crippen molar-refractivity contribution in [2.24, 2.45) is 0 Å². The molecule has 228 valence electrons. The van der Waals surface area contributed by atoms with Gasteiger partial charge in [0.1, 0.15) is 0 Å². The first-order valence-corrected chi connectivity index (χ1v) is 16.0. The molecule has 4 aromatic carbocycles. The molecule has 6 rings (SSSR count). The first-order chi connectivity index (χ1) is 20.2. The Bertz CT molecular complexity index is 1430. The molecule has 0 heterocycles. The summed E-state index contributed by atoms with van der Waals surface area (Å²) < 4.78 is 1.59. The third-order valence-electron chi connectivity index (χ3n) is 8.62. The number of benzene rings is 4. The third kappa shape index (κ3) is 9.05. The number of allylic oxidation sites excluding steroid dienone is 4. The molecule has 0 saturated heterocycles. The quantitative estimate of drug-likeness (QED) is 0.186. The topological polar surface area (TPSA) is 0 Å². The first kappa shape index (κ1) is 37.7. The number of hydrogen-bond donors (Lipinski definition) is 0. The van der Waals surface area contributed by atoms with E-state index in [0.717, 1.165) is 12.8 Å². The second kappa shape index (κ2) is 17.3. The van der Waals surface area contributed by atoms with Crippen molar-refractivity contribution in [2.75, 3.05) is 0 Å². The van der Waals surface area contributed by atoms with Gasteiger partial charge in [-0.15, -0.1) is 17.5 Å². The summed E-state index contributed by atoms with van der Waals surface area (Å²) in [7, 11) is 0. The fraction of sp³-hybridized carbons (Fsp3) is 0.293. The molecule has 0 aromatic heterocycles. The zero-order chi connectivity index (χ0) is 30.2. The molecule has 0 bridgehead atoms. The Morgan fingerprint density at radius 1 is 0.705 bits per heavy atom. The van der Waals surface area contributed by atoms with Crippen molar-refractivity contribution >= 4 is 3.81 Å². The largest absolute Gasteiger partial charge is 1.00 e. The van der Waals surface area contributed by atoms with Crippen LogP contribution in [0.1, 0.15) is 94.2 Å². The fourth-order valence-electron chi connectivity index (χ4n) is 5.50. The Morgan fingerprint density at radius 3 is 1.75 bits per heavy atom. The van der Waals surface area contributed by atoms with Gasteiger partial charge in [0.15, 0.2) is 0 Å². The van der Waals surface area contributed by atoms with Gasteiger partial charge in [-0.25, -0.2) is 12.2 Å². The SMILES string of the molecule is CC(C)(c1[c-]c2c(cc1)-c1ccc(C(C)(C)c3ccccc3)cc1C2)c1ccccc1.CC[C](=[Ti+2])CC.[C-]1=CC=CC1.[Cl-].[Cl-]. The van der Waals surface area contributed by atoms with Gasteiger partial charge in [-0.05, 0) is 34.1 Å². The minimum atomic E-state index is -0.0640. The molecule has 0 radical (unpaired) electrons. The van der Waals surface area contributed by atoms with E-state index in [2.05, 4.69) is 171 Å². The fourth-order valence-corrected chi connectivity index (χ4v) is 5.50. The van der Waals surface area contributed by atoms with E-state index in [4.69, 9.17) is 0 Å². The molecule has 0 unspecified atom stereocenters. The summed E-state index contributed by atoms with van der Waals surface area (Å²) in [6.45, 7) is 13.6. The van der Waals surface area contributed by atoms with E-state index >= 15 is 0 Å². The van der Waals surface area contributed by atoms with Crippen LogP contribution in [0.15, 0.2) is 109 Å². The Balaban J connectivity index is 0.000000443. The maximum Gasteiger partial charge on any atom is -0.109 e. The van der Waals surface area contributed by atoms with Crippen LogP contribution in [0.25, 0.3) is 11.1 Å². The Kier molecular flexibility index (Phi) is 14.8. The van der Waals surface area contributed by atoms with Crippen molar-refractivity contribution in [1.82, 2.24) is 0 Å². The van der Waals surface area contributed by atoms with Crippen LogP contribution < -0.4 is 24.8 Å². The third-order valence-corrected chi connectivity index (χ3v) is 9.72. The van der Waals surface area contributed by atoms with Gasteiger partial charge in [-0.3, -0.25) is 6.08 Å². The molecule has 0 amide bonds. The zero-order valence-corrected chi connectivity index (χ0v) is 30.1. The van der Waals surface area contributed by atoms with Crippen molar-refractivity contribution < 1.29 is 44.8 Å². The van der Waals surface area contributed by atoms with Gasteiger partial charge in [0.05, 0.1) is 0 Å². The molecule has 0 atom stereocenters. The van der Waals surface area contributed by atoms with Gasteiger partial charge >= 0.3 is 50.5 Å². The number of hydrogen-bond acceptors (Lipinski definition) is 0. The smallest absolute Gasteiger partial charge is 0.109 e. The van der Waals surface area contributed by atoms with Gasteiger partial charge in [0.2, 0.25) is 0 Å². The molecule has 0 N–H and O–H groups in total. The van der Waals surface area contributed by atoms with E-state index in [0.29, 0.717) is 0 Å². The summed E-state index contributed by atoms with van der Waals surface area (Å²) in [5.74, 6) is 0. The predicted molar refractivity (Wildman–Crippen MR) is 178 cm³/mol. The first-order valence-electron chi connectivity index (χ1n) is 15.3. The molecule has 4 aromatic rings. The van der Waals surface area contributed by atoms with Crippen molar-refractivity contribution in [3.05, 3.63) is 155 Å². The number of halogens is 2. The van der Waals surface area contributed by atoms with Gasteiger partial charge in [-0.1, -0.05) is 112 Å². The van der Waals surface area contributed by atoms with E-state index in [1.165, 1.54) is 57.3 Å². The van der Waals surface area contributed by atoms with E-state index < -0.39 is 0 Å². The van der Waals surface area contributed by atoms with Crippen LogP contribution in [0.5, 0.6) is 0 Å². The normalized spacial score (nSPS) is 12.4. The van der Waals surface area contributed by atoms with Crippen LogP contribution in [-0.4, -0.2) is 3.81 Å². The molecule has 0 saturated carbocycles. The van der Waals surface area contributed by atoms with Crippen molar-refractivity contribution in [2.45, 2.75) is 78.1 Å². The van der Waals surface area contributed by atoms with Crippen LogP contribution in [0.3, 0.4) is 0 Å². The van der Waals surface area contributed by atoms with Gasteiger partial charge < -0.3 is 24.8 Å². The van der Waals surface area contributed by atoms with E-state index in [-0.39, 0.29) is 35.6 Å². The minimum absolute atomic E-state index is 0. The summed E-state index contributed by atoms with van der Waals surface area (Å²) in [5.41, 5.74) is 10.7. The molecule has 0 nitrogen and oxygen atoms in total. The molecule has 0 spiro atoms. The molecule has 2 aliphatic rings. The van der Waals surface area contributed by atoms with E-state index in [1.54, 1.807) is 3.81 Å². The van der Waals surface area contributed by atoms with Gasteiger partial charge in [-0.2, -0.15) is 29.8 Å². The predicted octanol–water partition coefficient (Wildman–Crippen LogP) is 4.55. The van der Waals surface area contributed by atoms with Crippen LogP contribution in [-0.2, 0) is 37.2 Å². The van der Waals surface area contributed by atoms with Crippen LogP contribution in [0.2, 0.25) is 0 Å². The van der Waals surface area contributed by atoms with E-state index in [9.17, 15) is 0 Å². The molecular formula is C41H44Cl2Ti-2. The number of fused-ring (bicyclic) bond motifs is 3. The molecular weight excluding hydrogens is 611 g/mol. The van der Waals surface area contributed by atoms with Crippen LogP contribution >= 0.6 is 0 Å². The molecule has 3 heteroatoms. The number of rotatable bonds is 6. The summed E-state index contributed by atoms with van der Waals surface area (Å²) in [6, 6.07) is 37.0. The Morgan fingerprint density at radius 2 is 1.27 bits per heavy atom. The zero-order valence-electron chi connectivity index (χ0n) is 27.0. The van der Waals surface area contributed by atoms with Gasteiger partial charge in [0.25, 0.3) is 0 Å². The molecule has 0 fully saturated rings. The Labute approximate surface area is 290 Å². The monoisotopic (exact) mass is 654 g/mol. The maximum atomic E-state index is 3.80.